The summed E-state index contributed by atoms with van der Waals surface area (Å²) in [5.74, 6) is 1.67. The van der Waals surface area contributed by atoms with E-state index in [-0.39, 0.29) is 5.43 Å². The molecule has 0 bridgehead atoms. The Kier molecular flexibility index (Phi) is 5.42. The number of aromatic amines is 1. The molecule has 1 N–H and O–H groups in total. The van der Waals surface area contributed by atoms with E-state index in [0.717, 1.165) is 72.8 Å². The third-order valence-corrected chi connectivity index (χ3v) is 6.51. The fourth-order valence-corrected chi connectivity index (χ4v) is 4.64. The van der Waals surface area contributed by atoms with Gasteiger partial charge in [0.05, 0.1) is 5.52 Å². The normalized spacial score (nSPS) is 16.8. The van der Waals surface area contributed by atoms with Crippen molar-refractivity contribution in [3.05, 3.63) is 69.0 Å². The van der Waals surface area contributed by atoms with Gasteiger partial charge in [0.25, 0.3) is 0 Å². The standard InChI is InChI=1S/C25H29N3O3/c1-3-19-5-4-6-20-24(19)26-17(2)21(25(20)29)15-28-11-9-27(10-12-28)14-18-7-8-22-23(13-18)31-16-30-22/h4-8,13H,3,9-12,14-16H2,1-2H3,(H,26,29). The van der Waals surface area contributed by atoms with E-state index in [9.17, 15) is 4.79 Å². The van der Waals surface area contributed by atoms with Crippen molar-refractivity contribution in [3.8, 4) is 11.5 Å². The number of benzene rings is 2. The predicted octanol–water partition coefficient (Wildman–Crippen LogP) is 3.45. The van der Waals surface area contributed by atoms with Crippen LogP contribution in [0.3, 0.4) is 0 Å². The largest absolute Gasteiger partial charge is 0.454 e. The molecule has 1 saturated heterocycles. The first-order valence-electron chi connectivity index (χ1n) is 11.1. The van der Waals surface area contributed by atoms with Gasteiger partial charge in [-0.05, 0) is 42.7 Å². The van der Waals surface area contributed by atoms with Crippen molar-refractivity contribution in [2.45, 2.75) is 33.4 Å². The molecule has 31 heavy (non-hydrogen) atoms. The Labute approximate surface area is 182 Å². The predicted molar refractivity (Wildman–Crippen MR) is 122 cm³/mol. The van der Waals surface area contributed by atoms with Crippen LogP contribution in [-0.4, -0.2) is 47.8 Å². The van der Waals surface area contributed by atoms with Crippen LogP contribution < -0.4 is 14.9 Å². The molecule has 2 aliphatic rings. The highest BCUT2D eigenvalue weighted by atomic mass is 16.7. The van der Waals surface area contributed by atoms with E-state index in [4.69, 9.17) is 9.47 Å². The zero-order valence-electron chi connectivity index (χ0n) is 18.2. The van der Waals surface area contributed by atoms with Gasteiger partial charge >= 0.3 is 0 Å². The first-order valence-corrected chi connectivity index (χ1v) is 11.1. The first-order chi connectivity index (χ1) is 15.1. The summed E-state index contributed by atoms with van der Waals surface area (Å²) in [6, 6.07) is 12.2. The summed E-state index contributed by atoms with van der Waals surface area (Å²) in [5, 5.41) is 0.807. The van der Waals surface area contributed by atoms with E-state index >= 15 is 0 Å². The first kappa shape index (κ1) is 20.1. The quantitative estimate of drug-likeness (QED) is 0.687. The molecule has 0 saturated carbocycles. The molecular formula is C25H29N3O3. The summed E-state index contributed by atoms with van der Waals surface area (Å²) in [6.07, 6.45) is 0.914. The van der Waals surface area contributed by atoms with E-state index in [1.165, 1.54) is 11.1 Å². The van der Waals surface area contributed by atoms with E-state index in [0.29, 0.717) is 13.3 Å². The van der Waals surface area contributed by atoms with Crippen LogP contribution in [-0.2, 0) is 19.5 Å². The molecule has 0 atom stereocenters. The lowest BCUT2D eigenvalue weighted by atomic mass is 10.0. The minimum Gasteiger partial charge on any atom is -0.454 e. The molecule has 6 heteroatoms. The molecule has 3 heterocycles. The second-order valence-corrected chi connectivity index (χ2v) is 8.49. The number of aryl methyl sites for hydroxylation is 2. The summed E-state index contributed by atoms with van der Waals surface area (Å²) < 4.78 is 10.9. The lowest BCUT2D eigenvalue weighted by molar-refractivity contribution is 0.121. The number of aromatic nitrogens is 1. The highest BCUT2D eigenvalue weighted by Gasteiger charge is 2.21. The summed E-state index contributed by atoms with van der Waals surface area (Å²) in [5.41, 5.74) is 5.48. The van der Waals surface area contributed by atoms with E-state index in [1.807, 2.05) is 25.1 Å². The maximum absolute atomic E-state index is 13.2. The molecule has 1 aromatic heterocycles. The third-order valence-electron chi connectivity index (χ3n) is 6.51. The Morgan fingerprint density at radius 2 is 1.71 bits per heavy atom. The fraction of sp³-hybridized carbons (Fsp3) is 0.400. The Morgan fingerprint density at radius 3 is 2.48 bits per heavy atom. The molecule has 6 nitrogen and oxygen atoms in total. The van der Waals surface area contributed by atoms with Crippen molar-refractivity contribution in [3.63, 3.8) is 0 Å². The van der Waals surface area contributed by atoms with E-state index < -0.39 is 0 Å². The molecule has 0 amide bonds. The second kappa shape index (κ2) is 8.36. The number of nitrogens with zero attached hydrogens (tertiary/aromatic N) is 2. The van der Waals surface area contributed by atoms with Crippen LogP contribution in [0.15, 0.2) is 41.2 Å². The van der Waals surface area contributed by atoms with Gasteiger partial charge < -0.3 is 14.5 Å². The molecule has 0 radical (unpaired) electrons. The molecule has 2 aromatic carbocycles. The molecule has 0 unspecified atom stereocenters. The summed E-state index contributed by atoms with van der Waals surface area (Å²) in [7, 11) is 0. The topological polar surface area (TPSA) is 57.8 Å². The van der Waals surface area contributed by atoms with Gasteiger partial charge in [-0.3, -0.25) is 14.6 Å². The number of pyridine rings is 1. The number of H-pyrrole nitrogens is 1. The van der Waals surface area contributed by atoms with Crippen molar-refractivity contribution in [1.29, 1.82) is 0 Å². The van der Waals surface area contributed by atoms with Crippen molar-refractivity contribution < 1.29 is 9.47 Å². The zero-order chi connectivity index (χ0) is 21.4. The number of nitrogens with one attached hydrogen (secondary N) is 1. The molecule has 2 aliphatic heterocycles. The van der Waals surface area contributed by atoms with Gasteiger partial charge in [0.2, 0.25) is 6.79 Å². The summed E-state index contributed by atoms with van der Waals surface area (Å²) in [4.78, 5) is 21.6. The van der Waals surface area contributed by atoms with Gasteiger partial charge in [-0.2, -0.15) is 0 Å². The van der Waals surface area contributed by atoms with Gasteiger partial charge in [-0.15, -0.1) is 0 Å². The number of rotatable bonds is 5. The van der Waals surface area contributed by atoms with Gasteiger partial charge in [0.1, 0.15) is 0 Å². The van der Waals surface area contributed by atoms with Crippen molar-refractivity contribution in [2.75, 3.05) is 33.0 Å². The van der Waals surface area contributed by atoms with Crippen molar-refractivity contribution in [2.24, 2.45) is 0 Å². The Morgan fingerprint density at radius 1 is 0.968 bits per heavy atom. The second-order valence-electron chi connectivity index (χ2n) is 8.49. The summed E-state index contributed by atoms with van der Waals surface area (Å²) >= 11 is 0. The molecule has 1 fully saturated rings. The Hall–Kier alpha value is -2.83. The van der Waals surface area contributed by atoms with E-state index in [2.05, 4.69) is 39.9 Å². The van der Waals surface area contributed by atoms with E-state index in [1.54, 1.807) is 0 Å². The van der Waals surface area contributed by atoms with Crippen molar-refractivity contribution in [1.82, 2.24) is 14.8 Å². The van der Waals surface area contributed by atoms with Crippen LogP contribution in [0.1, 0.15) is 29.3 Å². The molecule has 0 aliphatic carbocycles. The van der Waals surface area contributed by atoms with Crippen LogP contribution in [0.4, 0.5) is 0 Å². The smallest absolute Gasteiger partial charge is 0.231 e. The summed E-state index contributed by atoms with van der Waals surface area (Å²) in [6.45, 7) is 9.94. The number of ether oxygens (including phenoxy) is 2. The average molecular weight is 420 g/mol. The SMILES string of the molecule is CCc1cccc2c(=O)c(CN3CCN(Cc4ccc5c(c4)OCO5)CC3)c(C)[nH]c12. The maximum atomic E-state index is 13.2. The molecular weight excluding hydrogens is 390 g/mol. The highest BCUT2D eigenvalue weighted by molar-refractivity contribution is 5.82. The highest BCUT2D eigenvalue weighted by Crippen LogP contribution is 2.32. The number of hydrogen-bond donors (Lipinski definition) is 1. The minimum atomic E-state index is 0.171. The van der Waals surface area contributed by atoms with Crippen LogP contribution in [0.2, 0.25) is 0 Å². The van der Waals surface area contributed by atoms with Gasteiger partial charge in [0.15, 0.2) is 16.9 Å². The fourth-order valence-electron chi connectivity index (χ4n) is 4.64. The maximum Gasteiger partial charge on any atom is 0.231 e. The number of piperazine rings is 1. The van der Waals surface area contributed by atoms with Crippen molar-refractivity contribution >= 4 is 10.9 Å². The van der Waals surface area contributed by atoms with Crippen LogP contribution in [0.25, 0.3) is 10.9 Å². The zero-order valence-corrected chi connectivity index (χ0v) is 18.2. The number of fused-ring (bicyclic) bond motifs is 2. The van der Waals surface area contributed by atoms with Crippen LogP contribution >= 0.6 is 0 Å². The Bertz CT molecular complexity index is 1160. The lowest BCUT2D eigenvalue weighted by Crippen LogP contribution is -2.46. The lowest BCUT2D eigenvalue weighted by Gasteiger charge is -2.34. The molecule has 0 spiro atoms. The average Bonchev–Trinajstić information content (AvgIpc) is 3.25. The number of hydrogen-bond acceptors (Lipinski definition) is 5. The third kappa shape index (κ3) is 3.93. The Balaban J connectivity index is 1.25. The number of para-hydroxylation sites is 1. The van der Waals surface area contributed by atoms with Gasteiger partial charge in [-0.1, -0.05) is 25.1 Å². The molecule has 5 rings (SSSR count). The van der Waals surface area contributed by atoms with Crippen LogP contribution in [0, 0.1) is 6.92 Å². The van der Waals surface area contributed by atoms with Gasteiger partial charge in [-0.25, -0.2) is 0 Å². The molecule has 3 aromatic rings. The molecule has 162 valence electrons. The van der Waals surface area contributed by atoms with Crippen LogP contribution in [0.5, 0.6) is 11.5 Å². The minimum absolute atomic E-state index is 0.171. The monoisotopic (exact) mass is 419 g/mol. The van der Waals surface area contributed by atoms with Gasteiger partial charge in [0, 0.05) is 55.9 Å².